The first-order valence-corrected chi connectivity index (χ1v) is 9.49. The highest BCUT2D eigenvalue weighted by Gasteiger charge is 2.29. The van der Waals surface area contributed by atoms with E-state index < -0.39 is 5.91 Å². The zero-order chi connectivity index (χ0) is 18.7. The first-order valence-electron chi connectivity index (χ1n) is 9.49. The lowest BCUT2D eigenvalue weighted by molar-refractivity contribution is 0.0970. The van der Waals surface area contributed by atoms with Crippen molar-refractivity contribution in [3.05, 3.63) is 41.6 Å². The Morgan fingerprint density at radius 1 is 1.38 bits per heavy atom. The number of carbonyl (C=O) groups excluding carboxylic acids is 1. The summed E-state index contributed by atoms with van der Waals surface area (Å²) in [7, 11) is 0. The van der Waals surface area contributed by atoms with Crippen LogP contribution in [-0.4, -0.2) is 33.2 Å². The van der Waals surface area contributed by atoms with E-state index in [9.17, 15) is 4.79 Å². The Morgan fingerprint density at radius 3 is 2.85 bits per heavy atom. The van der Waals surface area contributed by atoms with Crippen LogP contribution in [0.5, 0.6) is 0 Å². The Labute approximate surface area is 155 Å². The summed E-state index contributed by atoms with van der Waals surface area (Å²) in [6.45, 7) is 9.11. The fourth-order valence-electron chi connectivity index (χ4n) is 3.83. The predicted molar refractivity (Wildman–Crippen MR) is 101 cm³/mol. The minimum Gasteiger partial charge on any atom is -0.455 e. The molecule has 6 nitrogen and oxygen atoms in total. The average molecular weight is 358 g/mol. The smallest absolute Gasteiger partial charge is 0.284 e. The molecule has 0 radical (unpaired) electrons. The molecule has 0 unspecified atom stereocenters. The maximum Gasteiger partial charge on any atom is 0.284 e. The first-order chi connectivity index (χ1) is 12.3. The fraction of sp³-hybridized carbons (Fsp3) is 0.600. The Morgan fingerprint density at radius 2 is 2.19 bits per heavy atom. The molecular weight excluding hydrogens is 328 g/mol. The van der Waals surface area contributed by atoms with E-state index in [1.54, 1.807) is 0 Å². The monoisotopic (exact) mass is 358 g/mol. The van der Waals surface area contributed by atoms with E-state index in [2.05, 4.69) is 30.8 Å². The van der Waals surface area contributed by atoms with E-state index in [4.69, 9.17) is 10.2 Å². The van der Waals surface area contributed by atoms with Crippen LogP contribution in [0.3, 0.4) is 0 Å². The molecule has 1 aliphatic rings. The summed E-state index contributed by atoms with van der Waals surface area (Å²) in [5, 5.41) is 4.31. The van der Waals surface area contributed by atoms with Crippen molar-refractivity contribution < 1.29 is 9.21 Å². The van der Waals surface area contributed by atoms with Gasteiger partial charge in [-0.1, -0.05) is 27.2 Å². The summed E-state index contributed by atoms with van der Waals surface area (Å²) in [5.41, 5.74) is 6.36. The molecule has 0 bridgehead atoms. The summed E-state index contributed by atoms with van der Waals surface area (Å²) in [5.74, 6) is 0.619. The molecule has 0 spiro atoms. The predicted octanol–water partition coefficient (Wildman–Crippen LogP) is 3.32. The fourth-order valence-corrected chi connectivity index (χ4v) is 3.83. The number of hydrogen-bond donors (Lipinski definition) is 1. The van der Waals surface area contributed by atoms with Crippen LogP contribution in [0.2, 0.25) is 0 Å². The van der Waals surface area contributed by atoms with Crippen molar-refractivity contribution in [2.24, 2.45) is 5.73 Å². The third kappa shape index (κ3) is 4.36. The molecule has 3 rings (SSSR count). The molecule has 0 aromatic carbocycles. The summed E-state index contributed by atoms with van der Waals surface area (Å²) in [6.07, 6.45) is 8.60. The summed E-state index contributed by atoms with van der Waals surface area (Å²) < 4.78 is 7.82. The van der Waals surface area contributed by atoms with Gasteiger partial charge < -0.3 is 10.2 Å². The van der Waals surface area contributed by atoms with E-state index in [0.29, 0.717) is 6.04 Å². The molecule has 142 valence electrons. The number of aromatic nitrogens is 2. The zero-order valence-electron chi connectivity index (χ0n) is 16.1. The van der Waals surface area contributed by atoms with Crippen molar-refractivity contribution in [2.45, 2.75) is 71.0 Å². The zero-order valence-corrected chi connectivity index (χ0v) is 16.1. The molecule has 1 amide bonds. The van der Waals surface area contributed by atoms with E-state index in [-0.39, 0.29) is 11.2 Å². The quantitative estimate of drug-likeness (QED) is 0.859. The Kier molecular flexibility index (Phi) is 5.51. The molecule has 0 aliphatic carbocycles. The van der Waals surface area contributed by atoms with Crippen LogP contribution in [0, 0.1) is 0 Å². The molecule has 1 fully saturated rings. The van der Waals surface area contributed by atoms with Gasteiger partial charge in [-0.3, -0.25) is 14.4 Å². The van der Waals surface area contributed by atoms with E-state index >= 15 is 0 Å². The number of primary amides is 1. The van der Waals surface area contributed by atoms with Gasteiger partial charge in [0.2, 0.25) is 0 Å². The maximum absolute atomic E-state index is 11.6. The van der Waals surface area contributed by atoms with Crippen LogP contribution < -0.4 is 5.73 Å². The minimum atomic E-state index is -0.504. The van der Waals surface area contributed by atoms with Crippen molar-refractivity contribution in [1.82, 2.24) is 14.7 Å². The van der Waals surface area contributed by atoms with E-state index in [0.717, 1.165) is 37.4 Å². The molecule has 1 aliphatic heterocycles. The number of rotatable bonds is 6. The molecule has 1 saturated heterocycles. The van der Waals surface area contributed by atoms with Crippen LogP contribution >= 0.6 is 0 Å². The van der Waals surface area contributed by atoms with Crippen molar-refractivity contribution in [2.75, 3.05) is 6.54 Å². The molecule has 2 N–H and O–H groups in total. The van der Waals surface area contributed by atoms with Crippen molar-refractivity contribution in [1.29, 1.82) is 0 Å². The normalized spacial score (nSPS) is 19.0. The molecule has 6 heteroatoms. The number of furan rings is 1. The minimum absolute atomic E-state index is 0.163. The third-order valence-electron chi connectivity index (χ3n) is 5.11. The highest BCUT2D eigenvalue weighted by atomic mass is 16.4. The van der Waals surface area contributed by atoms with Crippen LogP contribution in [0.25, 0.3) is 0 Å². The molecular formula is C20H30N4O2. The lowest BCUT2D eigenvalue weighted by Gasteiger charge is -2.36. The standard InChI is InChI=1S/C20H30N4O2/c1-20(2,3)18-15(13-17(26-18)19(21)25)14-23-10-5-4-7-16(23)8-12-24-11-6-9-22-24/h6,9,11,13,16H,4-5,7-8,10,12,14H2,1-3H3,(H2,21,25)/t16-/m0/s1. The van der Waals surface area contributed by atoms with Crippen LogP contribution in [-0.2, 0) is 18.5 Å². The van der Waals surface area contributed by atoms with Gasteiger partial charge in [0.25, 0.3) is 5.91 Å². The topological polar surface area (TPSA) is 77.3 Å². The SMILES string of the molecule is CC(C)(C)c1oc(C(N)=O)cc1CN1CCCC[C@H]1CCn1cccn1. The van der Waals surface area contributed by atoms with Gasteiger partial charge in [-0.15, -0.1) is 0 Å². The number of nitrogens with two attached hydrogens (primary N) is 1. The Balaban J connectivity index is 1.75. The number of hydrogen-bond acceptors (Lipinski definition) is 4. The van der Waals surface area contributed by atoms with Crippen LogP contribution in [0.1, 0.15) is 68.3 Å². The van der Waals surface area contributed by atoms with Gasteiger partial charge in [0.05, 0.1) is 0 Å². The van der Waals surface area contributed by atoms with Crippen LogP contribution in [0.15, 0.2) is 28.9 Å². The van der Waals surface area contributed by atoms with Gasteiger partial charge in [0.15, 0.2) is 5.76 Å². The number of likely N-dealkylation sites (tertiary alicyclic amines) is 1. The molecule has 2 aromatic rings. The van der Waals surface area contributed by atoms with Crippen molar-refractivity contribution in [3.8, 4) is 0 Å². The highest BCUT2D eigenvalue weighted by molar-refractivity contribution is 5.90. The van der Waals surface area contributed by atoms with Gasteiger partial charge in [-0.25, -0.2) is 0 Å². The van der Waals surface area contributed by atoms with Gasteiger partial charge in [0.1, 0.15) is 5.76 Å². The second kappa shape index (κ2) is 7.66. The molecule has 1 atom stereocenters. The summed E-state index contributed by atoms with van der Waals surface area (Å²) in [4.78, 5) is 14.1. The number of piperidine rings is 1. The average Bonchev–Trinajstić information content (AvgIpc) is 3.23. The summed E-state index contributed by atoms with van der Waals surface area (Å²) >= 11 is 0. The van der Waals surface area contributed by atoms with E-state index in [1.165, 1.54) is 19.3 Å². The van der Waals surface area contributed by atoms with Crippen molar-refractivity contribution in [3.63, 3.8) is 0 Å². The lowest BCUT2D eigenvalue weighted by atomic mass is 9.89. The lowest BCUT2D eigenvalue weighted by Crippen LogP contribution is -2.39. The molecule has 2 aromatic heterocycles. The second-order valence-electron chi connectivity index (χ2n) is 8.26. The van der Waals surface area contributed by atoms with Crippen molar-refractivity contribution >= 4 is 5.91 Å². The maximum atomic E-state index is 11.6. The number of carbonyl (C=O) groups is 1. The molecule has 0 saturated carbocycles. The largest absolute Gasteiger partial charge is 0.455 e. The van der Waals surface area contributed by atoms with Gasteiger partial charge in [0, 0.05) is 42.5 Å². The highest BCUT2D eigenvalue weighted by Crippen LogP contribution is 2.31. The summed E-state index contributed by atoms with van der Waals surface area (Å²) in [6, 6.07) is 4.32. The molecule has 3 heterocycles. The van der Waals surface area contributed by atoms with Crippen LogP contribution in [0.4, 0.5) is 0 Å². The molecule has 26 heavy (non-hydrogen) atoms. The van der Waals surface area contributed by atoms with Gasteiger partial charge >= 0.3 is 0 Å². The number of aryl methyl sites for hydroxylation is 1. The van der Waals surface area contributed by atoms with Gasteiger partial charge in [-0.2, -0.15) is 5.10 Å². The second-order valence-corrected chi connectivity index (χ2v) is 8.26. The number of amides is 1. The first kappa shape index (κ1) is 18.7. The number of nitrogens with zero attached hydrogens (tertiary/aromatic N) is 3. The third-order valence-corrected chi connectivity index (χ3v) is 5.11. The van der Waals surface area contributed by atoms with Gasteiger partial charge in [-0.05, 0) is 37.9 Å². The Hall–Kier alpha value is -2.08. The van der Waals surface area contributed by atoms with E-state index in [1.807, 2.05) is 29.2 Å². The Bertz CT molecular complexity index is 728.